The van der Waals surface area contributed by atoms with Crippen LogP contribution in [0.25, 0.3) is 0 Å². The topological polar surface area (TPSA) is 123 Å². The van der Waals surface area contributed by atoms with Gasteiger partial charge in [-0.1, -0.05) is 42.5 Å². The number of hydrogen-bond acceptors (Lipinski definition) is 7. The van der Waals surface area contributed by atoms with Gasteiger partial charge >= 0.3 is 0 Å². The van der Waals surface area contributed by atoms with Gasteiger partial charge in [0.2, 0.25) is 11.7 Å². The van der Waals surface area contributed by atoms with Crippen molar-refractivity contribution in [2.45, 2.75) is 24.7 Å². The van der Waals surface area contributed by atoms with Crippen LogP contribution in [0.15, 0.2) is 54.6 Å². The van der Waals surface area contributed by atoms with Crippen molar-refractivity contribution in [3.05, 3.63) is 65.7 Å². The number of nitrogens with one attached hydrogen (secondary N) is 1. The SMILES string of the molecule is COc1ccc([C@H]2O[C@@]3(C)OC(=N)[C@@]2(C#N)C(C#N)(C#N)[C@H]3c2ccccc2)cc1. The van der Waals surface area contributed by atoms with Crippen molar-refractivity contribution in [3.63, 3.8) is 0 Å². The second-order valence-corrected chi connectivity index (χ2v) is 7.51. The van der Waals surface area contributed by atoms with Crippen molar-refractivity contribution in [2.75, 3.05) is 7.11 Å². The lowest BCUT2D eigenvalue weighted by Crippen LogP contribution is -2.70. The molecule has 0 amide bonds. The monoisotopic (exact) mass is 398 g/mol. The first kappa shape index (κ1) is 19.5. The Balaban J connectivity index is 2.00. The third-order valence-electron chi connectivity index (χ3n) is 6.07. The molecule has 30 heavy (non-hydrogen) atoms. The molecule has 3 saturated heterocycles. The van der Waals surface area contributed by atoms with Crippen LogP contribution in [-0.2, 0) is 9.47 Å². The second kappa shape index (κ2) is 6.59. The number of fused-ring (bicyclic) bond motifs is 3. The average Bonchev–Trinajstić information content (AvgIpc) is 2.78. The molecule has 2 aromatic rings. The van der Waals surface area contributed by atoms with Gasteiger partial charge in [0.25, 0.3) is 0 Å². The van der Waals surface area contributed by atoms with E-state index >= 15 is 0 Å². The van der Waals surface area contributed by atoms with E-state index in [1.807, 2.05) is 6.07 Å². The molecule has 2 bridgehead atoms. The number of benzene rings is 2. The van der Waals surface area contributed by atoms with Gasteiger partial charge in [-0.3, -0.25) is 5.41 Å². The molecule has 0 aromatic heterocycles. The van der Waals surface area contributed by atoms with E-state index in [2.05, 4.69) is 18.2 Å². The van der Waals surface area contributed by atoms with E-state index in [-0.39, 0.29) is 0 Å². The van der Waals surface area contributed by atoms with Crippen LogP contribution in [0.3, 0.4) is 0 Å². The van der Waals surface area contributed by atoms with Crippen LogP contribution >= 0.6 is 0 Å². The molecule has 148 valence electrons. The van der Waals surface area contributed by atoms with E-state index in [0.29, 0.717) is 16.9 Å². The molecule has 3 aliphatic rings. The highest BCUT2D eigenvalue weighted by atomic mass is 16.7. The van der Waals surface area contributed by atoms with E-state index in [0.717, 1.165) is 0 Å². The van der Waals surface area contributed by atoms with Crippen molar-refractivity contribution in [1.82, 2.24) is 0 Å². The number of methoxy groups -OCH3 is 1. The highest BCUT2D eigenvalue weighted by Gasteiger charge is 2.79. The van der Waals surface area contributed by atoms with Crippen LogP contribution in [0.2, 0.25) is 0 Å². The van der Waals surface area contributed by atoms with Gasteiger partial charge in [0.15, 0.2) is 10.8 Å². The lowest BCUT2D eigenvalue weighted by molar-refractivity contribution is -0.323. The normalized spacial score (nSPS) is 31.0. The molecule has 3 heterocycles. The molecule has 2 aromatic carbocycles. The maximum atomic E-state index is 10.3. The second-order valence-electron chi connectivity index (χ2n) is 7.51. The van der Waals surface area contributed by atoms with Gasteiger partial charge in [-0.2, -0.15) is 15.8 Å². The average molecular weight is 398 g/mol. The minimum atomic E-state index is -1.96. The predicted molar refractivity (Wildman–Crippen MR) is 105 cm³/mol. The number of nitriles is 3. The minimum absolute atomic E-state index is 0.435. The lowest BCUT2D eigenvalue weighted by Gasteiger charge is -2.61. The molecule has 0 saturated carbocycles. The third kappa shape index (κ3) is 2.23. The third-order valence-corrected chi connectivity index (χ3v) is 6.07. The van der Waals surface area contributed by atoms with Crippen LogP contribution in [0, 0.1) is 50.2 Å². The number of hydrogen-bond donors (Lipinski definition) is 1. The number of ether oxygens (including phenoxy) is 3. The van der Waals surface area contributed by atoms with Crippen molar-refractivity contribution in [3.8, 4) is 24.0 Å². The zero-order valence-electron chi connectivity index (χ0n) is 16.4. The summed E-state index contributed by atoms with van der Waals surface area (Å²) in [5.41, 5.74) is -2.68. The maximum absolute atomic E-state index is 10.3. The Morgan fingerprint density at radius 1 is 0.933 bits per heavy atom. The smallest absolute Gasteiger partial charge is 0.219 e. The largest absolute Gasteiger partial charge is 0.497 e. The summed E-state index contributed by atoms with van der Waals surface area (Å²) in [4.78, 5) is 0. The van der Waals surface area contributed by atoms with E-state index < -0.39 is 34.5 Å². The van der Waals surface area contributed by atoms with Gasteiger partial charge in [-0.25, -0.2) is 0 Å². The summed E-state index contributed by atoms with van der Waals surface area (Å²) in [6, 6.07) is 22.0. The Morgan fingerprint density at radius 3 is 2.10 bits per heavy atom. The molecule has 3 aliphatic heterocycles. The van der Waals surface area contributed by atoms with Crippen LogP contribution in [0.4, 0.5) is 0 Å². The summed E-state index contributed by atoms with van der Waals surface area (Å²) in [6.45, 7) is 1.61. The van der Waals surface area contributed by atoms with Crippen LogP contribution in [0.5, 0.6) is 5.75 Å². The molecule has 1 N–H and O–H groups in total. The Kier molecular flexibility index (Phi) is 4.28. The Bertz CT molecular complexity index is 1110. The fourth-order valence-corrected chi connectivity index (χ4v) is 4.71. The first-order valence-electron chi connectivity index (χ1n) is 9.31. The van der Waals surface area contributed by atoms with Crippen LogP contribution in [0.1, 0.15) is 30.1 Å². The molecule has 7 nitrogen and oxygen atoms in total. The molecule has 0 radical (unpaired) electrons. The van der Waals surface area contributed by atoms with Crippen molar-refractivity contribution >= 4 is 5.90 Å². The summed E-state index contributed by atoms with van der Waals surface area (Å²) in [6.07, 6.45) is -1.04. The molecule has 0 spiro atoms. The summed E-state index contributed by atoms with van der Waals surface area (Å²) < 4.78 is 17.3. The van der Waals surface area contributed by atoms with Crippen LogP contribution in [-0.4, -0.2) is 18.8 Å². The first-order valence-corrected chi connectivity index (χ1v) is 9.31. The molecule has 0 aliphatic carbocycles. The Morgan fingerprint density at radius 2 is 1.57 bits per heavy atom. The standard InChI is InChI=1S/C23H18N4O3/c1-21-18(15-6-4-3-5-7-15)22(12-24,13-25)23(14-26,20(27)30-21)19(29-21)16-8-10-17(28-2)11-9-16/h3-11,18-19,27H,1-2H3/t18-,19+,21-,23-/m0/s1. The summed E-state index contributed by atoms with van der Waals surface area (Å²) in [5, 5.41) is 39.5. The molecule has 3 fully saturated rings. The van der Waals surface area contributed by atoms with Gasteiger partial charge in [0, 0.05) is 6.92 Å². The fraction of sp³-hybridized carbons (Fsp3) is 0.304. The number of nitrogens with zero attached hydrogens (tertiary/aromatic N) is 3. The van der Waals surface area contributed by atoms with Gasteiger partial charge in [-0.05, 0) is 23.3 Å². The maximum Gasteiger partial charge on any atom is 0.219 e. The molecule has 7 heteroatoms. The molecule has 4 atom stereocenters. The van der Waals surface area contributed by atoms with E-state index in [9.17, 15) is 15.8 Å². The quantitative estimate of drug-likeness (QED) is 0.838. The zero-order valence-corrected chi connectivity index (χ0v) is 16.4. The van der Waals surface area contributed by atoms with Gasteiger partial charge in [-0.15, -0.1) is 0 Å². The first-order chi connectivity index (χ1) is 14.4. The zero-order chi connectivity index (χ0) is 21.6. The highest BCUT2D eigenvalue weighted by Crippen LogP contribution is 2.69. The Hall–Kier alpha value is -3.86. The predicted octanol–water partition coefficient (Wildman–Crippen LogP) is 3.82. The van der Waals surface area contributed by atoms with Crippen molar-refractivity contribution in [1.29, 1.82) is 21.2 Å². The van der Waals surface area contributed by atoms with Crippen molar-refractivity contribution in [2.24, 2.45) is 10.8 Å². The van der Waals surface area contributed by atoms with E-state index in [4.69, 9.17) is 19.6 Å². The number of rotatable bonds is 3. The van der Waals surface area contributed by atoms with E-state index in [1.165, 1.54) is 7.11 Å². The summed E-state index contributed by atoms with van der Waals surface area (Å²) in [5.74, 6) is -2.22. The lowest BCUT2D eigenvalue weighted by atomic mass is 9.49. The van der Waals surface area contributed by atoms with Gasteiger partial charge in [0.1, 0.15) is 11.9 Å². The fourth-order valence-electron chi connectivity index (χ4n) is 4.71. The molecule has 5 rings (SSSR count). The highest BCUT2D eigenvalue weighted by molar-refractivity contribution is 5.89. The minimum Gasteiger partial charge on any atom is -0.497 e. The van der Waals surface area contributed by atoms with Crippen LogP contribution < -0.4 is 4.74 Å². The van der Waals surface area contributed by atoms with Gasteiger partial charge in [0.05, 0.1) is 31.2 Å². The summed E-state index contributed by atoms with van der Waals surface area (Å²) >= 11 is 0. The van der Waals surface area contributed by atoms with E-state index in [1.54, 1.807) is 55.5 Å². The molecule has 0 unspecified atom stereocenters. The molecular weight excluding hydrogens is 380 g/mol. The van der Waals surface area contributed by atoms with Crippen molar-refractivity contribution < 1.29 is 14.2 Å². The molecular formula is C23H18N4O3. The Labute approximate surface area is 174 Å². The summed E-state index contributed by atoms with van der Waals surface area (Å²) in [7, 11) is 1.54. The van der Waals surface area contributed by atoms with Gasteiger partial charge < -0.3 is 14.2 Å².